The second-order valence-corrected chi connectivity index (χ2v) is 2.92. The van der Waals surface area contributed by atoms with Gasteiger partial charge >= 0.3 is 11.9 Å². The van der Waals surface area contributed by atoms with E-state index in [0.29, 0.717) is 5.56 Å². The first-order valence-corrected chi connectivity index (χ1v) is 4.09. The van der Waals surface area contributed by atoms with E-state index in [9.17, 15) is 14.0 Å². The van der Waals surface area contributed by atoms with Gasteiger partial charge in [0.25, 0.3) is 0 Å². The Labute approximate surface area is 85.3 Å². The van der Waals surface area contributed by atoms with Gasteiger partial charge in [0.1, 0.15) is 0 Å². The van der Waals surface area contributed by atoms with Crippen LogP contribution in [0.1, 0.15) is 26.3 Å². The highest BCUT2D eigenvalue weighted by Gasteiger charge is 2.21. The maximum atomic E-state index is 13.5. The number of aryl methyl sites for hydroxylation is 1. The normalized spacial score (nSPS) is 9.80. The van der Waals surface area contributed by atoms with Crippen molar-refractivity contribution in [1.82, 2.24) is 0 Å². The number of rotatable bonds is 2. The van der Waals surface area contributed by atoms with Crippen molar-refractivity contribution < 1.29 is 23.8 Å². The lowest BCUT2D eigenvalue weighted by Crippen LogP contribution is -2.11. The standard InChI is InChI=1S/C10H9FO4/c1-5-3-4-6(9(12)13)8(11)7(5)10(14)15-2/h3-4H,1-2H3,(H,12,13). The highest BCUT2D eigenvalue weighted by Crippen LogP contribution is 2.18. The van der Waals surface area contributed by atoms with E-state index in [4.69, 9.17) is 5.11 Å². The highest BCUT2D eigenvalue weighted by molar-refractivity contribution is 5.96. The van der Waals surface area contributed by atoms with Crippen LogP contribution in [-0.2, 0) is 4.74 Å². The Bertz CT molecular complexity index is 426. The van der Waals surface area contributed by atoms with Gasteiger partial charge in [-0.25, -0.2) is 14.0 Å². The molecule has 0 saturated heterocycles. The van der Waals surface area contributed by atoms with Gasteiger partial charge in [0.2, 0.25) is 0 Å². The molecule has 1 aromatic carbocycles. The smallest absolute Gasteiger partial charge is 0.341 e. The quantitative estimate of drug-likeness (QED) is 0.756. The molecule has 0 aliphatic rings. The molecular weight excluding hydrogens is 203 g/mol. The van der Waals surface area contributed by atoms with Gasteiger partial charge in [-0.2, -0.15) is 0 Å². The zero-order valence-corrected chi connectivity index (χ0v) is 8.20. The monoisotopic (exact) mass is 212 g/mol. The Kier molecular flexibility index (Phi) is 3.04. The van der Waals surface area contributed by atoms with Crippen LogP contribution < -0.4 is 0 Å². The van der Waals surface area contributed by atoms with Crippen molar-refractivity contribution in [3.63, 3.8) is 0 Å². The zero-order valence-electron chi connectivity index (χ0n) is 8.20. The molecule has 0 spiro atoms. The zero-order chi connectivity index (χ0) is 11.6. The number of aromatic carboxylic acids is 1. The molecule has 0 aromatic heterocycles. The number of carboxylic acid groups (broad SMARTS) is 1. The minimum atomic E-state index is -1.42. The third-order valence-electron chi connectivity index (χ3n) is 1.97. The molecule has 0 bridgehead atoms. The minimum Gasteiger partial charge on any atom is -0.478 e. The van der Waals surface area contributed by atoms with E-state index in [0.717, 1.165) is 13.2 Å². The number of benzene rings is 1. The number of methoxy groups -OCH3 is 1. The first kappa shape index (κ1) is 11.2. The van der Waals surface area contributed by atoms with Crippen LogP contribution in [0, 0.1) is 12.7 Å². The van der Waals surface area contributed by atoms with Gasteiger partial charge in [-0.3, -0.25) is 0 Å². The van der Waals surface area contributed by atoms with Crippen LogP contribution in [-0.4, -0.2) is 24.2 Å². The van der Waals surface area contributed by atoms with Crippen LogP contribution in [0.25, 0.3) is 0 Å². The second-order valence-electron chi connectivity index (χ2n) is 2.92. The van der Waals surface area contributed by atoms with Gasteiger partial charge in [-0.05, 0) is 18.6 Å². The van der Waals surface area contributed by atoms with Crippen molar-refractivity contribution in [3.8, 4) is 0 Å². The van der Waals surface area contributed by atoms with Crippen LogP contribution in [0.15, 0.2) is 12.1 Å². The summed E-state index contributed by atoms with van der Waals surface area (Å²) < 4.78 is 17.9. The molecule has 0 atom stereocenters. The SMILES string of the molecule is COC(=O)c1c(C)ccc(C(=O)O)c1F. The first-order valence-electron chi connectivity index (χ1n) is 4.09. The molecular formula is C10H9FO4. The van der Waals surface area contributed by atoms with Crippen molar-refractivity contribution >= 4 is 11.9 Å². The Balaban J connectivity index is 3.43. The van der Waals surface area contributed by atoms with Gasteiger partial charge in [0.05, 0.1) is 18.2 Å². The fourth-order valence-electron chi connectivity index (χ4n) is 1.19. The van der Waals surface area contributed by atoms with Crippen molar-refractivity contribution in [2.75, 3.05) is 7.11 Å². The van der Waals surface area contributed by atoms with Crippen LogP contribution in [0.3, 0.4) is 0 Å². The van der Waals surface area contributed by atoms with E-state index in [1.165, 1.54) is 13.0 Å². The van der Waals surface area contributed by atoms with Crippen molar-refractivity contribution in [3.05, 3.63) is 34.6 Å². The number of carbonyl (C=O) groups is 2. The molecule has 4 nitrogen and oxygen atoms in total. The Hall–Kier alpha value is -1.91. The molecule has 1 N–H and O–H groups in total. The molecule has 0 aliphatic heterocycles. The Morgan fingerprint density at radius 2 is 2.00 bits per heavy atom. The summed E-state index contributed by atoms with van der Waals surface area (Å²) in [4.78, 5) is 21.8. The third-order valence-corrected chi connectivity index (χ3v) is 1.97. The molecule has 0 fully saturated rings. The largest absolute Gasteiger partial charge is 0.478 e. The minimum absolute atomic E-state index is 0.336. The molecule has 0 amide bonds. The molecule has 0 aliphatic carbocycles. The molecule has 1 aromatic rings. The summed E-state index contributed by atoms with van der Waals surface area (Å²) in [5.41, 5.74) is -0.539. The van der Waals surface area contributed by atoms with E-state index in [2.05, 4.69) is 4.74 Å². The number of hydrogen-bond acceptors (Lipinski definition) is 3. The Morgan fingerprint density at radius 1 is 1.40 bits per heavy atom. The molecule has 0 radical (unpaired) electrons. The number of carbonyl (C=O) groups excluding carboxylic acids is 1. The fraction of sp³-hybridized carbons (Fsp3) is 0.200. The Morgan fingerprint density at radius 3 is 2.47 bits per heavy atom. The molecule has 1 rings (SSSR count). The predicted molar refractivity (Wildman–Crippen MR) is 49.4 cm³/mol. The third kappa shape index (κ3) is 1.96. The highest BCUT2D eigenvalue weighted by atomic mass is 19.1. The number of esters is 1. The number of carboxylic acids is 1. The average molecular weight is 212 g/mol. The lowest BCUT2D eigenvalue weighted by Gasteiger charge is -2.06. The van der Waals surface area contributed by atoms with E-state index in [1.54, 1.807) is 0 Å². The van der Waals surface area contributed by atoms with Gasteiger partial charge < -0.3 is 9.84 Å². The molecule has 0 unspecified atom stereocenters. The molecule has 5 heteroatoms. The maximum Gasteiger partial charge on any atom is 0.341 e. The van der Waals surface area contributed by atoms with Gasteiger partial charge in [0, 0.05) is 0 Å². The van der Waals surface area contributed by atoms with Crippen LogP contribution >= 0.6 is 0 Å². The van der Waals surface area contributed by atoms with E-state index >= 15 is 0 Å². The lowest BCUT2D eigenvalue weighted by atomic mass is 10.0. The summed E-state index contributed by atoms with van der Waals surface area (Å²) in [6.07, 6.45) is 0. The molecule has 80 valence electrons. The summed E-state index contributed by atoms with van der Waals surface area (Å²) in [5, 5.41) is 8.64. The summed E-state index contributed by atoms with van der Waals surface area (Å²) in [5.74, 6) is -3.36. The van der Waals surface area contributed by atoms with Gasteiger partial charge in [-0.15, -0.1) is 0 Å². The van der Waals surface area contributed by atoms with Crippen LogP contribution in [0.5, 0.6) is 0 Å². The molecule has 0 saturated carbocycles. The molecule has 15 heavy (non-hydrogen) atoms. The lowest BCUT2D eigenvalue weighted by molar-refractivity contribution is 0.0594. The summed E-state index contributed by atoms with van der Waals surface area (Å²) in [6.45, 7) is 1.50. The maximum absolute atomic E-state index is 13.5. The summed E-state index contributed by atoms with van der Waals surface area (Å²) in [7, 11) is 1.11. The van der Waals surface area contributed by atoms with Crippen molar-refractivity contribution in [2.24, 2.45) is 0 Å². The molecule has 0 heterocycles. The fourth-order valence-corrected chi connectivity index (χ4v) is 1.19. The average Bonchev–Trinajstić information content (AvgIpc) is 2.16. The number of halogens is 1. The predicted octanol–water partition coefficient (Wildman–Crippen LogP) is 1.62. The van der Waals surface area contributed by atoms with Gasteiger partial charge in [-0.1, -0.05) is 6.07 Å². The van der Waals surface area contributed by atoms with E-state index in [1.807, 2.05) is 0 Å². The van der Waals surface area contributed by atoms with Crippen LogP contribution in [0.2, 0.25) is 0 Å². The van der Waals surface area contributed by atoms with Crippen LogP contribution in [0.4, 0.5) is 4.39 Å². The van der Waals surface area contributed by atoms with Gasteiger partial charge in [0.15, 0.2) is 5.82 Å². The topological polar surface area (TPSA) is 63.6 Å². The van der Waals surface area contributed by atoms with Crippen molar-refractivity contribution in [2.45, 2.75) is 6.92 Å². The summed E-state index contributed by atoms with van der Waals surface area (Å²) in [6, 6.07) is 2.47. The number of hydrogen-bond donors (Lipinski definition) is 1. The first-order chi connectivity index (χ1) is 6.99. The van der Waals surface area contributed by atoms with E-state index in [-0.39, 0.29) is 5.56 Å². The van der Waals surface area contributed by atoms with Crippen molar-refractivity contribution in [1.29, 1.82) is 0 Å². The second kappa shape index (κ2) is 4.08. The summed E-state index contributed by atoms with van der Waals surface area (Å²) >= 11 is 0. The van der Waals surface area contributed by atoms with E-state index < -0.39 is 23.3 Å². The number of ether oxygens (including phenoxy) is 1.